The molecule has 16 heavy (non-hydrogen) atoms. The fraction of sp³-hybridized carbons (Fsp3) is 0.538. The molecule has 1 saturated heterocycles. The van der Waals surface area contributed by atoms with Crippen molar-refractivity contribution in [2.45, 2.75) is 25.8 Å². The van der Waals surface area contributed by atoms with Gasteiger partial charge in [-0.2, -0.15) is 0 Å². The van der Waals surface area contributed by atoms with Crippen molar-refractivity contribution in [3.05, 3.63) is 18.2 Å². The van der Waals surface area contributed by atoms with E-state index in [1.54, 1.807) is 0 Å². The van der Waals surface area contributed by atoms with E-state index in [2.05, 4.69) is 40.7 Å². The largest absolute Gasteiger partial charge is 0.381 e. The van der Waals surface area contributed by atoms with E-state index >= 15 is 0 Å². The lowest BCUT2D eigenvalue weighted by molar-refractivity contribution is 0.817. The van der Waals surface area contributed by atoms with Crippen molar-refractivity contribution in [3.8, 4) is 0 Å². The van der Waals surface area contributed by atoms with Crippen LogP contribution in [0.1, 0.15) is 19.8 Å². The van der Waals surface area contributed by atoms with Crippen LogP contribution in [0, 0.1) is 0 Å². The molecule has 0 bridgehead atoms. The van der Waals surface area contributed by atoms with E-state index in [4.69, 9.17) is 0 Å². The Morgan fingerprint density at radius 3 is 2.81 bits per heavy atom. The monoisotopic (exact) mass is 217 g/mol. The van der Waals surface area contributed by atoms with Gasteiger partial charge in [0.1, 0.15) is 0 Å². The van der Waals surface area contributed by atoms with Crippen LogP contribution in [-0.4, -0.2) is 25.7 Å². The molecular weight excluding hydrogens is 198 g/mol. The van der Waals surface area contributed by atoms with Crippen molar-refractivity contribution < 1.29 is 0 Å². The fourth-order valence-electron chi connectivity index (χ4n) is 2.56. The second kappa shape index (κ2) is 3.89. The first-order valence-electron chi connectivity index (χ1n) is 6.22. The van der Waals surface area contributed by atoms with Crippen molar-refractivity contribution in [2.75, 3.05) is 35.2 Å². The van der Waals surface area contributed by atoms with E-state index < -0.39 is 0 Å². The standard InChI is InChI=1S/C13H19N3/c1-10-9-14-13-8-11(4-5-12(13)15-10)16-6-2-3-7-16/h4-5,8,10,14-15H,2-3,6-7,9H2,1H3/t10-/m1/s1. The van der Waals surface area contributed by atoms with E-state index in [1.807, 2.05) is 0 Å². The summed E-state index contributed by atoms with van der Waals surface area (Å²) in [6.07, 6.45) is 2.67. The molecule has 0 spiro atoms. The van der Waals surface area contributed by atoms with Crippen LogP contribution in [0.3, 0.4) is 0 Å². The van der Waals surface area contributed by atoms with Gasteiger partial charge in [-0.3, -0.25) is 0 Å². The Hall–Kier alpha value is -1.38. The Kier molecular flexibility index (Phi) is 2.39. The predicted octanol–water partition coefficient (Wildman–Crippen LogP) is 2.51. The Morgan fingerprint density at radius 1 is 1.19 bits per heavy atom. The van der Waals surface area contributed by atoms with Gasteiger partial charge in [-0.05, 0) is 38.0 Å². The summed E-state index contributed by atoms with van der Waals surface area (Å²) in [5, 5.41) is 6.98. The topological polar surface area (TPSA) is 27.3 Å². The molecule has 2 aliphatic rings. The normalized spacial score (nSPS) is 23.6. The molecule has 3 rings (SSSR count). The molecule has 0 aliphatic carbocycles. The lowest BCUT2D eigenvalue weighted by Gasteiger charge is -2.27. The van der Waals surface area contributed by atoms with Crippen molar-refractivity contribution in [3.63, 3.8) is 0 Å². The van der Waals surface area contributed by atoms with Crippen LogP contribution >= 0.6 is 0 Å². The lowest BCUT2D eigenvalue weighted by atomic mass is 10.1. The number of hydrogen-bond acceptors (Lipinski definition) is 3. The van der Waals surface area contributed by atoms with Gasteiger partial charge in [-0.1, -0.05) is 0 Å². The van der Waals surface area contributed by atoms with Crippen molar-refractivity contribution in [1.82, 2.24) is 0 Å². The summed E-state index contributed by atoms with van der Waals surface area (Å²) in [5.74, 6) is 0. The number of benzene rings is 1. The predicted molar refractivity (Wildman–Crippen MR) is 69.5 cm³/mol. The Bertz CT molecular complexity index is 383. The van der Waals surface area contributed by atoms with Gasteiger partial charge in [0.15, 0.2) is 0 Å². The third kappa shape index (κ3) is 1.70. The Morgan fingerprint density at radius 2 is 2.00 bits per heavy atom. The molecule has 1 atom stereocenters. The van der Waals surface area contributed by atoms with E-state index in [1.165, 1.54) is 43.0 Å². The third-order valence-electron chi connectivity index (χ3n) is 3.47. The second-order valence-corrected chi connectivity index (χ2v) is 4.85. The van der Waals surface area contributed by atoms with Crippen LogP contribution in [0.2, 0.25) is 0 Å². The minimum Gasteiger partial charge on any atom is -0.381 e. The summed E-state index contributed by atoms with van der Waals surface area (Å²) in [5.41, 5.74) is 3.85. The van der Waals surface area contributed by atoms with E-state index in [0.717, 1.165) is 6.54 Å². The molecule has 2 aliphatic heterocycles. The first-order chi connectivity index (χ1) is 7.83. The maximum Gasteiger partial charge on any atom is 0.0597 e. The number of hydrogen-bond donors (Lipinski definition) is 2. The highest BCUT2D eigenvalue weighted by Crippen LogP contribution is 2.31. The molecule has 2 heterocycles. The number of fused-ring (bicyclic) bond motifs is 1. The van der Waals surface area contributed by atoms with Crippen LogP contribution in [0.4, 0.5) is 17.1 Å². The van der Waals surface area contributed by atoms with E-state index in [-0.39, 0.29) is 0 Å². The number of anilines is 3. The molecule has 1 aromatic rings. The van der Waals surface area contributed by atoms with E-state index in [9.17, 15) is 0 Å². The molecule has 2 N–H and O–H groups in total. The van der Waals surface area contributed by atoms with Crippen molar-refractivity contribution in [2.24, 2.45) is 0 Å². The molecular formula is C13H19N3. The quantitative estimate of drug-likeness (QED) is 0.757. The molecule has 0 amide bonds. The molecule has 0 aromatic heterocycles. The maximum absolute atomic E-state index is 3.50. The van der Waals surface area contributed by atoms with Gasteiger partial charge in [0, 0.05) is 31.4 Å². The highest BCUT2D eigenvalue weighted by atomic mass is 15.1. The average molecular weight is 217 g/mol. The zero-order valence-corrected chi connectivity index (χ0v) is 9.79. The number of nitrogens with one attached hydrogen (secondary N) is 2. The van der Waals surface area contributed by atoms with Gasteiger partial charge in [0.05, 0.1) is 11.4 Å². The van der Waals surface area contributed by atoms with Gasteiger partial charge in [0.2, 0.25) is 0 Å². The zero-order valence-electron chi connectivity index (χ0n) is 9.79. The molecule has 3 heteroatoms. The van der Waals surface area contributed by atoms with Crippen LogP contribution in [-0.2, 0) is 0 Å². The van der Waals surface area contributed by atoms with E-state index in [0.29, 0.717) is 6.04 Å². The van der Waals surface area contributed by atoms with Crippen LogP contribution in [0.5, 0.6) is 0 Å². The second-order valence-electron chi connectivity index (χ2n) is 4.85. The van der Waals surface area contributed by atoms with Gasteiger partial charge >= 0.3 is 0 Å². The minimum atomic E-state index is 0.519. The van der Waals surface area contributed by atoms with Gasteiger partial charge in [-0.15, -0.1) is 0 Å². The Labute approximate surface area is 96.8 Å². The SMILES string of the molecule is C[C@@H]1CNc2cc(N3CCCC3)ccc2N1. The van der Waals surface area contributed by atoms with Gasteiger partial charge in [-0.25, -0.2) is 0 Å². The first-order valence-corrected chi connectivity index (χ1v) is 6.22. The van der Waals surface area contributed by atoms with Crippen molar-refractivity contribution >= 4 is 17.1 Å². The van der Waals surface area contributed by atoms with Crippen LogP contribution in [0.15, 0.2) is 18.2 Å². The zero-order chi connectivity index (χ0) is 11.0. The number of rotatable bonds is 1. The summed E-state index contributed by atoms with van der Waals surface area (Å²) in [6, 6.07) is 7.23. The molecule has 1 aromatic carbocycles. The summed E-state index contributed by atoms with van der Waals surface area (Å²) >= 11 is 0. The first kappa shape index (κ1) is 9.82. The molecule has 0 saturated carbocycles. The minimum absolute atomic E-state index is 0.519. The summed E-state index contributed by atoms with van der Waals surface area (Å²) in [6.45, 7) is 5.63. The highest BCUT2D eigenvalue weighted by molar-refractivity contribution is 5.76. The third-order valence-corrected chi connectivity index (χ3v) is 3.47. The molecule has 3 nitrogen and oxygen atoms in total. The fourth-order valence-corrected chi connectivity index (χ4v) is 2.56. The Balaban J connectivity index is 1.87. The highest BCUT2D eigenvalue weighted by Gasteiger charge is 2.17. The summed E-state index contributed by atoms with van der Waals surface area (Å²) in [4.78, 5) is 2.47. The molecule has 86 valence electrons. The average Bonchev–Trinajstić information content (AvgIpc) is 2.82. The molecule has 1 fully saturated rings. The maximum atomic E-state index is 3.50. The van der Waals surface area contributed by atoms with Crippen LogP contribution in [0.25, 0.3) is 0 Å². The van der Waals surface area contributed by atoms with Crippen LogP contribution < -0.4 is 15.5 Å². The summed E-state index contributed by atoms with van der Waals surface area (Å²) in [7, 11) is 0. The van der Waals surface area contributed by atoms with Crippen molar-refractivity contribution in [1.29, 1.82) is 0 Å². The molecule has 0 unspecified atom stereocenters. The molecule has 0 radical (unpaired) electrons. The summed E-state index contributed by atoms with van der Waals surface area (Å²) < 4.78 is 0. The van der Waals surface area contributed by atoms with Gasteiger partial charge < -0.3 is 15.5 Å². The lowest BCUT2D eigenvalue weighted by Crippen LogP contribution is -2.30. The van der Waals surface area contributed by atoms with Gasteiger partial charge in [0.25, 0.3) is 0 Å². The smallest absolute Gasteiger partial charge is 0.0597 e. The number of nitrogens with zero attached hydrogens (tertiary/aromatic N) is 1.